The van der Waals surface area contributed by atoms with Gasteiger partial charge < -0.3 is 0 Å². The van der Waals surface area contributed by atoms with Gasteiger partial charge in [-0.15, -0.1) is 0 Å². The molecule has 72 valence electrons. The van der Waals surface area contributed by atoms with Gasteiger partial charge in [-0.2, -0.15) is 5.26 Å². The minimum absolute atomic E-state index is 0.158. The minimum atomic E-state index is -0.158. The second-order valence-corrected chi connectivity index (χ2v) is 4.76. The van der Waals surface area contributed by atoms with Crippen LogP contribution in [0.3, 0.4) is 0 Å². The van der Waals surface area contributed by atoms with E-state index in [9.17, 15) is 0 Å². The van der Waals surface area contributed by atoms with Gasteiger partial charge in [0.05, 0.1) is 11.5 Å². The zero-order valence-corrected chi connectivity index (χ0v) is 9.76. The van der Waals surface area contributed by atoms with E-state index < -0.39 is 0 Å². The second-order valence-electron chi connectivity index (χ2n) is 3.85. The number of hydrogen-bond acceptors (Lipinski definition) is 1. The van der Waals surface area contributed by atoms with Crippen LogP contribution in [0.5, 0.6) is 0 Å². The number of rotatable bonds is 2. The quantitative estimate of drug-likeness (QED) is 0.787. The Morgan fingerprint density at radius 3 is 2.71 bits per heavy atom. The molecule has 0 bridgehead atoms. The molecule has 0 aromatic heterocycles. The summed E-state index contributed by atoms with van der Waals surface area (Å²) in [6, 6.07) is 8.73. The number of benzene rings is 1. The summed E-state index contributed by atoms with van der Waals surface area (Å²) in [5.41, 5.74) is 2.39. The van der Waals surface area contributed by atoms with Crippen molar-refractivity contribution in [3.05, 3.63) is 33.8 Å². The number of nitrogens with zero attached hydrogens (tertiary/aromatic N) is 1. The molecule has 1 saturated carbocycles. The lowest BCUT2D eigenvalue weighted by atomic mass is 9.91. The van der Waals surface area contributed by atoms with Gasteiger partial charge in [0.15, 0.2) is 0 Å². The van der Waals surface area contributed by atoms with Gasteiger partial charge in [-0.3, -0.25) is 0 Å². The molecule has 1 aromatic rings. The lowest BCUT2D eigenvalue weighted by molar-refractivity contribution is 0.877. The molecular weight excluding hydrogens is 238 g/mol. The highest BCUT2D eigenvalue weighted by atomic mass is 79.9. The summed E-state index contributed by atoms with van der Waals surface area (Å²) in [5.74, 6) is 0. The first kappa shape index (κ1) is 9.73. The average Bonchev–Trinajstić information content (AvgIpc) is 2.98. The van der Waals surface area contributed by atoms with Crippen LogP contribution >= 0.6 is 15.9 Å². The van der Waals surface area contributed by atoms with E-state index in [1.807, 2.05) is 0 Å². The van der Waals surface area contributed by atoms with Crippen molar-refractivity contribution in [3.8, 4) is 6.07 Å². The van der Waals surface area contributed by atoms with Crippen LogP contribution in [0.25, 0.3) is 0 Å². The Hall–Kier alpha value is -0.810. The summed E-state index contributed by atoms with van der Waals surface area (Å²) in [7, 11) is 0. The van der Waals surface area contributed by atoms with Crippen LogP contribution in [0.15, 0.2) is 22.7 Å². The molecule has 2 heteroatoms. The van der Waals surface area contributed by atoms with E-state index in [1.165, 1.54) is 11.1 Å². The Morgan fingerprint density at radius 1 is 1.50 bits per heavy atom. The topological polar surface area (TPSA) is 23.8 Å². The van der Waals surface area contributed by atoms with E-state index in [0.29, 0.717) is 0 Å². The molecule has 0 N–H and O–H groups in total. The van der Waals surface area contributed by atoms with Crippen molar-refractivity contribution in [2.75, 3.05) is 0 Å². The fraction of sp³-hybridized carbons (Fsp3) is 0.417. The van der Waals surface area contributed by atoms with Gasteiger partial charge in [-0.05, 0) is 42.5 Å². The van der Waals surface area contributed by atoms with Crippen molar-refractivity contribution in [2.24, 2.45) is 0 Å². The maximum atomic E-state index is 9.16. The maximum Gasteiger partial charge on any atom is 0.0826 e. The predicted molar refractivity (Wildman–Crippen MR) is 60.0 cm³/mol. The molecular formula is C12H12BrN. The molecule has 0 spiro atoms. The largest absolute Gasteiger partial charge is 0.197 e. The monoisotopic (exact) mass is 249 g/mol. The van der Waals surface area contributed by atoms with E-state index >= 15 is 0 Å². The fourth-order valence-corrected chi connectivity index (χ4v) is 2.23. The molecule has 0 saturated heterocycles. The van der Waals surface area contributed by atoms with Crippen LogP contribution in [0.1, 0.15) is 30.9 Å². The molecule has 1 aliphatic rings. The third-order valence-corrected chi connectivity index (χ3v) is 3.43. The first-order chi connectivity index (χ1) is 6.72. The van der Waals surface area contributed by atoms with Crippen molar-refractivity contribution in [2.45, 2.75) is 31.6 Å². The maximum absolute atomic E-state index is 9.16. The van der Waals surface area contributed by atoms with Gasteiger partial charge in [0, 0.05) is 4.47 Å². The van der Waals surface area contributed by atoms with Gasteiger partial charge in [-0.25, -0.2) is 0 Å². The highest BCUT2D eigenvalue weighted by molar-refractivity contribution is 9.10. The van der Waals surface area contributed by atoms with Crippen LogP contribution in [0.4, 0.5) is 0 Å². The molecule has 1 fully saturated rings. The van der Waals surface area contributed by atoms with E-state index in [0.717, 1.165) is 23.7 Å². The number of hydrogen-bond donors (Lipinski definition) is 0. The van der Waals surface area contributed by atoms with E-state index in [-0.39, 0.29) is 5.41 Å². The molecule has 0 radical (unpaired) electrons. The van der Waals surface area contributed by atoms with Crippen LogP contribution in [-0.4, -0.2) is 0 Å². The van der Waals surface area contributed by atoms with Gasteiger partial charge >= 0.3 is 0 Å². The summed E-state index contributed by atoms with van der Waals surface area (Å²) in [5, 5.41) is 9.16. The number of aryl methyl sites for hydroxylation is 1. The molecule has 1 aliphatic carbocycles. The third-order valence-electron chi connectivity index (χ3n) is 2.93. The summed E-state index contributed by atoms with van der Waals surface area (Å²) >= 11 is 3.47. The molecule has 0 atom stereocenters. The lowest BCUT2D eigenvalue weighted by Crippen LogP contribution is -2.06. The lowest BCUT2D eigenvalue weighted by Gasteiger charge is -2.12. The van der Waals surface area contributed by atoms with Gasteiger partial charge in [0.1, 0.15) is 0 Å². The normalized spacial score (nSPS) is 17.5. The third kappa shape index (κ3) is 1.46. The molecule has 14 heavy (non-hydrogen) atoms. The number of halogens is 1. The second kappa shape index (κ2) is 3.40. The van der Waals surface area contributed by atoms with Gasteiger partial charge in [0.2, 0.25) is 0 Å². The Kier molecular flexibility index (Phi) is 2.36. The van der Waals surface area contributed by atoms with Crippen LogP contribution in [0.2, 0.25) is 0 Å². The Labute approximate surface area is 92.9 Å². The molecule has 0 amide bonds. The first-order valence-corrected chi connectivity index (χ1v) is 5.71. The Balaban J connectivity index is 2.51. The van der Waals surface area contributed by atoms with Crippen molar-refractivity contribution in [1.29, 1.82) is 5.26 Å². The van der Waals surface area contributed by atoms with Crippen molar-refractivity contribution < 1.29 is 0 Å². The molecule has 2 rings (SSSR count). The van der Waals surface area contributed by atoms with Crippen LogP contribution < -0.4 is 0 Å². The van der Waals surface area contributed by atoms with Crippen molar-refractivity contribution >= 4 is 15.9 Å². The Morgan fingerprint density at radius 2 is 2.21 bits per heavy atom. The molecule has 1 nitrogen and oxygen atoms in total. The Bertz CT molecular complexity index is 399. The zero-order valence-electron chi connectivity index (χ0n) is 8.18. The molecule has 0 heterocycles. The highest BCUT2D eigenvalue weighted by Crippen LogP contribution is 2.49. The average molecular weight is 250 g/mol. The van der Waals surface area contributed by atoms with Crippen molar-refractivity contribution in [3.63, 3.8) is 0 Å². The summed E-state index contributed by atoms with van der Waals surface area (Å²) < 4.78 is 1.08. The first-order valence-electron chi connectivity index (χ1n) is 4.92. The van der Waals surface area contributed by atoms with Gasteiger partial charge in [-0.1, -0.05) is 28.9 Å². The smallest absolute Gasteiger partial charge is 0.0826 e. The molecule has 0 aliphatic heterocycles. The zero-order chi connectivity index (χ0) is 10.2. The van der Waals surface area contributed by atoms with Crippen molar-refractivity contribution in [1.82, 2.24) is 0 Å². The molecule has 0 unspecified atom stereocenters. The highest BCUT2D eigenvalue weighted by Gasteiger charge is 2.45. The SMILES string of the molecule is CCc1ccc(Br)cc1C1(C#N)CC1. The van der Waals surface area contributed by atoms with Crippen LogP contribution in [-0.2, 0) is 11.8 Å². The summed E-state index contributed by atoms with van der Waals surface area (Å²) in [4.78, 5) is 0. The predicted octanol–water partition coefficient (Wildman–Crippen LogP) is 3.57. The summed E-state index contributed by atoms with van der Waals surface area (Å²) in [6.45, 7) is 2.14. The summed E-state index contributed by atoms with van der Waals surface area (Å²) in [6.07, 6.45) is 3.05. The minimum Gasteiger partial charge on any atom is -0.197 e. The molecule has 1 aromatic carbocycles. The van der Waals surface area contributed by atoms with Gasteiger partial charge in [0.25, 0.3) is 0 Å². The van der Waals surface area contributed by atoms with E-state index in [4.69, 9.17) is 5.26 Å². The van der Waals surface area contributed by atoms with Crippen LogP contribution in [0, 0.1) is 11.3 Å². The van der Waals surface area contributed by atoms with E-state index in [1.54, 1.807) is 0 Å². The standard InChI is InChI=1S/C12H12BrN/c1-2-9-3-4-10(13)7-11(9)12(8-14)5-6-12/h3-4,7H,2,5-6H2,1H3. The van der Waals surface area contributed by atoms with E-state index in [2.05, 4.69) is 47.1 Å². The number of nitriles is 1. The fourth-order valence-electron chi connectivity index (χ4n) is 1.87.